The summed E-state index contributed by atoms with van der Waals surface area (Å²) in [6.45, 7) is 7.75. The highest BCUT2D eigenvalue weighted by molar-refractivity contribution is 6.30. The Morgan fingerprint density at radius 2 is 2.06 bits per heavy atom. The molecule has 0 fully saturated rings. The van der Waals surface area contributed by atoms with Gasteiger partial charge in [0.1, 0.15) is 5.75 Å². The molecule has 16 heavy (non-hydrogen) atoms. The van der Waals surface area contributed by atoms with Gasteiger partial charge in [0.2, 0.25) is 0 Å². The summed E-state index contributed by atoms with van der Waals surface area (Å²) in [7, 11) is 1.92. The highest BCUT2D eigenvalue weighted by Gasteiger charge is 2.13. The predicted octanol–water partition coefficient (Wildman–Crippen LogP) is 3.58. The lowest BCUT2D eigenvalue weighted by atomic mass is 9.99. The minimum Gasteiger partial charge on any atom is -0.493 e. The van der Waals surface area contributed by atoms with Gasteiger partial charge < -0.3 is 10.1 Å². The van der Waals surface area contributed by atoms with Gasteiger partial charge in [0.25, 0.3) is 0 Å². The molecule has 1 aromatic carbocycles. The fourth-order valence-electron chi connectivity index (χ4n) is 1.74. The third-order valence-electron chi connectivity index (χ3n) is 2.44. The summed E-state index contributed by atoms with van der Waals surface area (Å²) in [5.74, 6) is 1.40. The monoisotopic (exact) mass is 241 g/mol. The molecule has 0 saturated carbocycles. The van der Waals surface area contributed by atoms with Crippen molar-refractivity contribution >= 4 is 11.6 Å². The van der Waals surface area contributed by atoms with Crippen molar-refractivity contribution in [1.82, 2.24) is 5.32 Å². The molecule has 1 N–H and O–H groups in total. The maximum absolute atomic E-state index is 6.12. The van der Waals surface area contributed by atoms with E-state index in [0.717, 1.165) is 22.9 Å². The van der Waals surface area contributed by atoms with Crippen molar-refractivity contribution in [2.24, 2.45) is 0 Å². The summed E-state index contributed by atoms with van der Waals surface area (Å²) in [4.78, 5) is 0. The van der Waals surface area contributed by atoms with Crippen molar-refractivity contribution in [3.8, 4) is 5.75 Å². The quantitative estimate of drug-likeness (QED) is 0.851. The fraction of sp³-hybridized carbons (Fsp3) is 0.538. The van der Waals surface area contributed by atoms with Gasteiger partial charge in [-0.15, -0.1) is 0 Å². The van der Waals surface area contributed by atoms with Gasteiger partial charge in [-0.2, -0.15) is 0 Å². The first-order chi connectivity index (χ1) is 7.60. The number of hydrogen-bond acceptors (Lipinski definition) is 2. The van der Waals surface area contributed by atoms with E-state index < -0.39 is 0 Å². The molecule has 0 amide bonds. The second kappa shape index (κ2) is 6.12. The standard InChI is InChI=1S/C13H20ClNO/c1-5-16-13-10(8-15-4)6-11(14)7-12(13)9(2)3/h6-7,9,15H,5,8H2,1-4H3. The Balaban J connectivity index is 3.23. The van der Waals surface area contributed by atoms with Gasteiger partial charge in [0.05, 0.1) is 6.61 Å². The minimum atomic E-state index is 0.413. The van der Waals surface area contributed by atoms with Crippen LogP contribution in [-0.2, 0) is 6.54 Å². The highest BCUT2D eigenvalue weighted by Crippen LogP contribution is 2.33. The summed E-state index contributed by atoms with van der Waals surface area (Å²) in [5.41, 5.74) is 2.31. The van der Waals surface area contributed by atoms with Gasteiger partial charge in [-0.05, 0) is 37.6 Å². The van der Waals surface area contributed by atoms with E-state index in [1.54, 1.807) is 0 Å². The van der Waals surface area contributed by atoms with Gasteiger partial charge >= 0.3 is 0 Å². The smallest absolute Gasteiger partial charge is 0.127 e. The molecular formula is C13H20ClNO. The number of halogens is 1. The first kappa shape index (κ1) is 13.3. The SMILES string of the molecule is CCOc1c(CNC)cc(Cl)cc1C(C)C. The topological polar surface area (TPSA) is 21.3 Å². The second-order valence-corrected chi connectivity index (χ2v) is 4.54. The Morgan fingerprint density at radius 3 is 2.56 bits per heavy atom. The van der Waals surface area contributed by atoms with Gasteiger partial charge in [0, 0.05) is 17.1 Å². The summed E-state index contributed by atoms with van der Waals surface area (Å²) in [6, 6.07) is 3.96. The third-order valence-corrected chi connectivity index (χ3v) is 2.66. The number of ether oxygens (including phenoxy) is 1. The van der Waals surface area contributed by atoms with Crippen molar-refractivity contribution in [3.05, 3.63) is 28.3 Å². The number of rotatable bonds is 5. The van der Waals surface area contributed by atoms with Gasteiger partial charge in [-0.25, -0.2) is 0 Å². The summed E-state index contributed by atoms with van der Waals surface area (Å²) >= 11 is 6.12. The van der Waals surface area contributed by atoms with Crippen molar-refractivity contribution in [2.45, 2.75) is 33.2 Å². The molecule has 2 nitrogen and oxygen atoms in total. The zero-order chi connectivity index (χ0) is 12.1. The summed E-state index contributed by atoms with van der Waals surface area (Å²) in [5, 5.41) is 3.91. The van der Waals surface area contributed by atoms with Crippen molar-refractivity contribution in [2.75, 3.05) is 13.7 Å². The molecule has 3 heteroatoms. The largest absolute Gasteiger partial charge is 0.493 e. The molecule has 0 aromatic heterocycles. The first-order valence-corrected chi connectivity index (χ1v) is 6.07. The molecule has 0 saturated heterocycles. The van der Waals surface area contributed by atoms with Crippen molar-refractivity contribution < 1.29 is 4.74 Å². The molecule has 1 rings (SSSR count). The van der Waals surface area contributed by atoms with E-state index in [2.05, 4.69) is 19.2 Å². The second-order valence-electron chi connectivity index (χ2n) is 4.10. The normalized spacial score (nSPS) is 10.9. The van der Waals surface area contributed by atoms with E-state index in [0.29, 0.717) is 12.5 Å². The first-order valence-electron chi connectivity index (χ1n) is 5.69. The molecule has 0 aliphatic heterocycles. The van der Waals surface area contributed by atoms with Crippen LogP contribution in [-0.4, -0.2) is 13.7 Å². The van der Waals surface area contributed by atoms with Crippen LogP contribution in [0.1, 0.15) is 37.8 Å². The van der Waals surface area contributed by atoms with Gasteiger partial charge in [-0.3, -0.25) is 0 Å². The maximum atomic E-state index is 6.12. The zero-order valence-corrected chi connectivity index (χ0v) is 11.2. The molecule has 0 unspecified atom stereocenters. The molecule has 0 spiro atoms. The number of benzene rings is 1. The lowest BCUT2D eigenvalue weighted by Gasteiger charge is -2.18. The van der Waals surface area contributed by atoms with E-state index >= 15 is 0 Å². The van der Waals surface area contributed by atoms with Crippen molar-refractivity contribution in [1.29, 1.82) is 0 Å². The molecular weight excluding hydrogens is 222 g/mol. The van der Waals surface area contributed by atoms with Crippen LogP contribution in [0.5, 0.6) is 5.75 Å². The summed E-state index contributed by atoms with van der Waals surface area (Å²) in [6.07, 6.45) is 0. The Hall–Kier alpha value is -0.730. The Labute approximate surface area is 103 Å². The Morgan fingerprint density at radius 1 is 1.38 bits per heavy atom. The Kier molecular flexibility index (Phi) is 5.10. The van der Waals surface area contributed by atoms with E-state index in [4.69, 9.17) is 16.3 Å². The van der Waals surface area contributed by atoms with Gasteiger partial charge in [0.15, 0.2) is 0 Å². The lowest BCUT2D eigenvalue weighted by molar-refractivity contribution is 0.331. The number of hydrogen-bond donors (Lipinski definition) is 1. The fourth-order valence-corrected chi connectivity index (χ4v) is 1.99. The molecule has 0 heterocycles. The van der Waals surface area contributed by atoms with Crippen LogP contribution >= 0.6 is 11.6 Å². The molecule has 1 aromatic rings. The minimum absolute atomic E-state index is 0.413. The highest BCUT2D eigenvalue weighted by atomic mass is 35.5. The average Bonchev–Trinajstić information content (AvgIpc) is 2.21. The zero-order valence-electron chi connectivity index (χ0n) is 10.4. The van der Waals surface area contributed by atoms with Crippen LogP contribution in [0.3, 0.4) is 0 Å². The van der Waals surface area contributed by atoms with Crippen LogP contribution in [0.2, 0.25) is 5.02 Å². The third kappa shape index (κ3) is 3.13. The van der Waals surface area contributed by atoms with Crippen LogP contribution in [0.15, 0.2) is 12.1 Å². The van der Waals surface area contributed by atoms with Crippen LogP contribution in [0, 0.1) is 0 Å². The van der Waals surface area contributed by atoms with Gasteiger partial charge in [-0.1, -0.05) is 25.4 Å². The molecule has 0 aliphatic rings. The van der Waals surface area contributed by atoms with E-state index in [-0.39, 0.29) is 0 Å². The predicted molar refractivity (Wildman–Crippen MR) is 69.5 cm³/mol. The lowest BCUT2D eigenvalue weighted by Crippen LogP contribution is -2.09. The van der Waals surface area contributed by atoms with E-state index in [1.165, 1.54) is 5.56 Å². The van der Waals surface area contributed by atoms with E-state index in [1.807, 2.05) is 26.1 Å². The van der Waals surface area contributed by atoms with E-state index in [9.17, 15) is 0 Å². The van der Waals surface area contributed by atoms with Crippen molar-refractivity contribution in [3.63, 3.8) is 0 Å². The molecule has 0 bridgehead atoms. The maximum Gasteiger partial charge on any atom is 0.127 e. The van der Waals surface area contributed by atoms with Crippen LogP contribution in [0.4, 0.5) is 0 Å². The molecule has 0 radical (unpaired) electrons. The van der Waals surface area contributed by atoms with Crippen LogP contribution < -0.4 is 10.1 Å². The molecule has 0 aliphatic carbocycles. The Bertz CT molecular complexity index is 350. The number of nitrogens with one attached hydrogen (secondary N) is 1. The molecule has 0 atom stereocenters. The summed E-state index contributed by atoms with van der Waals surface area (Å²) < 4.78 is 5.74. The van der Waals surface area contributed by atoms with Crippen LogP contribution in [0.25, 0.3) is 0 Å². The average molecular weight is 242 g/mol. The molecule has 90 valence electrons.